The Morgan fingerprint density at radius 1 is 0.143 bits per heavy atom. The molecule has 34 rings (SSSR count). The standard InChI is InChI=1S/C48H28N2O3.2C42H24N2O3/c1-2-9-29(10-3-1)30-19-23-33(24-20-30)49(38-13-7-15-40-45(38)36-11-4-5-14-39(36)51-40)34-25-21-31(22-26-34)32-27-37-35-12-6-16-41-46(35)50-47(37)44(28-32)53-43-18-8-17-42(52-41)48(43)50;1-2-8-27(9-3-1)43(29-20-21-31-30-10-4-5-12-34(30)45-38(31)24-29)28-18-16-25(17-19-28)26-22-33-32-11-6-13-35-40(32)44-41(33)39(23-26)47-37-15-7-14-36(46-35)42(37)44;1-2-8-27(9-3-1)43(29-20-21-35-32(24-29)30-10-4-5-12-34(30)45-35)28-18-16-25(17-19-28)26-22-33-31-11-6-13-36-40(31)44-41(33)39(23-26)47-38-15-7-14-37(46-36)42(38)44/h1-28H;2*1-24H. The summed E-state index contributed by atoms with van der Waals surface area (Å²) >= 11 is 0. The molecule has 0 fully saturated rings. The summed E-state index contributed by atoms with van der Waals surface area (Å²) < 4.78 is 64.5. The molecule has 0 unspecified atom stereocenters. The third-order valence-corrected chi connectivity index (χ3v) is 29.8. The molecule has 147 heavy (non-hydrogen) atoms. The van der Waals surface area contributed by atoms with Gasteiger partial charge in [0.2, 0.25) is 0 Å². The first-order valence-corrected chi connectivity index (χ1v) is 49.3. The van der Waals surface area contributed by atoms with Gasteiger partial charge in [0.1, 0.15) is 50.6 Å². The fourth-order valence-electron chi connectivity index (χ4n) is 23.4. The third kappa shape index (κ3) is 12.3. The van der Waals surface area contributed by atoms with E-state index in [2.05, 4.69) is 374 Å². The van der Waals surface area contributed by atoms with Crippen molar-refractivity contribution in [1.82, 2.24) is 13.7 Å². The summed E-state index contributed by atoms with van der Waals surface area (Å²) in [5, 5.41) is 13.5. The van der Waals surface area contributed by atoms with Crippen molar-refractivity contribution in [3.05, 3.63) is 461 Å². The Hall–Kier alpha value is -20.2. The molecule has 22 aromatic carbocycles. The zero-order valence-corrected chi connectivity index (χ0v) is 78.2. The molecule has 12 heterocycles. The van der Waals surface area contributed by atoms with Crippen molar-refractivity contribution >= 4 is 182 Å². The van der Waals surface area contributed by atoms with E-state index in [9.17, 15) is 0 Å². The van der Waals surface area contributed by atoms with Gasteiger partial charge in [-0.25, -0.2) is 0 Å². The number of anilines is 9. The van der Waals surface area contributed by atoms with Crippen LogP contribution in [0.5, 0.6) is 69.0 Å². The summed E-state index contributed by atoms with van der Waals surface area (Å²) in [6.07, 6.45) is 0. The highest BCUT2D eigenvalue weighted by Gasteiger charge is 2.38. The van der Waals surface area contributed by atoms with E-state index in [4.69, 9.17) is 41.7 Å². The van der Waals surface area contributed by atoms with Gasteiger partial charge in [-0.2, -0.15) is 0 Å². The number of aromatic nitrogens is 3. The van der Waals surface area contributed by atoms with Gasteiger partial charge >= 0.3 is 0 Å². The second-order valence-electron chi connectivity index (χ2n) is 38.0. The Bertz CT molecular complexity index is 10500. The smallest absolute Gasteiger partial charge is 0.155 e. The summed E-state index contributed by atoms with van der Waals surface area (Å²) in [4.78, 5) is 6.89. The van der Waals surface area contributed by atoms with Crippen molar-refractivity contribution < 1.29 is 41.7 Å². The van der Waals surface area contributed by atoms with Crippen molar-refractivity contribution in [2.24, 2.45) is 0 Å². The molecule has 0 atom stereocenters. The molecule has 0 bridgehead atoms. The lowest BCUT2D eigenvalue weighted by atomic mass is 10.0. The predicted molar refractivity (Wildman–Crippen MR) is 590 cm³/mol. The maximum absolute atomic E-state index is 6.62. The van der Waals surface area contributed by atoms with Gasteiger partial charge in [0.15, 0.2) is 69.0 Å². The van der Waals surface area contributed by atoms with E-state index >= 15 is 0 Å². The normalized spacial score (nSPS) is 12.5. The average Bonchev–Trinajstić information content (AvgIpc) is 1.54. The maximum Gasteiger partial charge on any atom is 0.155 e. The van der Waals surface area contributed by atoms with Crippen molar-refractivity contribution in [2.45, 2.75) is 0 Å². The average molecular weight is 1890 g/mol. The topological polar surface area (TPSA) is 119 Å². The predicted octanol–water partition coefficient (Wildman–Crippen LogP) is 37.8. The van der Waals surface area contributed by atoms with Crippen LogP contribution >= 0.6 is 0 Å². The Morgan fingerprint density at radius 3 is 0.864 bits per heavy atom. The summed E-state index contributed by atoms with van der Waals surface area (Å²) in [5.41, 5.74) is 33.2. The van der Waals surface area contributed by atoms with Gasteiger partial charge in [-0.3, -0.25) is 13.7 Å². The zero-order chi connectivity index (χ0) is 95.9. The van der Waals surface area contributed by atoms with Gasteiger partial charge in [0.25, 0.3) is 0 Å². The SMILES string of the molecule is c1ccc(-c2ccc(N(c3ccc(-c4cc5c6c(c4)c4cccc7c4n6-c4c(cccc4O5)O7)cc3)c3cccc4oc5ccccc5c34)cc2)cc1.c1ccc(N(c2ccc(-c3cc4c5c(c3)c3cccc6c3n5-c3c(cccc3O4)O6)cc2)c2ccc3c(c2)oc2ccccc23)cc1.c1ccc(N(c2ccc(-c3cc4c5c(c3)c3cccc6c3n5-c3c(cccc3O4)O6)cc2)c2ccc3oc4ccccc4c3c2)cc1. The van der Waals surface area contributed by atoms with Crippen LogP contribution in [0.15, 0.2) is 474 Å². The fourth-order valence-corrected chi connectivity index (χ4v) is 23.4. The Kier molecular flexibility index (Phi) is 17.1. The second kappa shape index (κ2) is 31.2. The van der Waals surface area contributed by atoms with Gasteiger partial charge < -0.3 is 56.4 Å². The van der Waals surface area contributed by atoms with E-state index in [1.807, 2.05) is 115 Å². The lowest BCUT2D eigenvalue weighted by Crippen LogP contribution is -2.10. The van der Waals surface area contributed by atoms with E-state index in [1.54, 1.807) is 0 Å². The summed E-state index contributed by atoms with van der Waals surface area (Å²) in [6, 6.07) is 161. The lowest BCUT2D eigenvalue weighted by Gasteiger charge is -2.27. The van der Waals surface area contributed by atoms with Crippen LogP contribution in [0.3, 0.4) is 0 Å². The highest BCUT2D eigenvalue weighted by molar-refractivity contribution is 6.21. The molecule has 15 heteroatoms. The minimum absolute atomic E-state index is 0.797. The van der Waals surface area contributed by atoms with E-state index in [0.29, 0.717) is 0 Å². The molecule has 688 valence electrons. The molecule has 6 aromatic heterocycles. The molecular formula is C132H76N6O9. The number of rotatable bonds is 13. The Morgan fingerprint density at radius 2 is 0.422 bits per heavy atom. The summed E-state index contributed by atoms with van der Waals surface area (Å²) in [7, 11) is 0. The van der Waals surface area contributed by atoms with Crippen LogP contribution in [-0.2, 0) is 0 Å². The molecular weight excluding hydrogens is 1810 g/mol. The van der Waals surface area contributed by atoms with E-state index in [-0.39, 0.29) is 0 Å². The number of benzene rings is 22. The molecule has 0 amide bonds. The number of fused-ring (bicyclic) bond motifs is 12. The Labute approximate surface area is 838 Å². The quantitative estimate of drug-likeness (QED) is 0.109. The second-order valence-corrected chi connectivity index (χ2v) is 38.0. The molecule has 0 spiro atoms. The van der Waals surface area contributed by atoms with Crippen LogP contribution in [0.4, 0.5) is 51.2 Å². The first-order valence-electron chi connectivity index (χ1n) is 49.3. The number of para-hydroxylation sites is 11. The first-order chi connectivity index (χ1) is 72.8. The van der Waals surface area contributed by atoms with Gasteiger partial charge in [-0.15, -0.1) is 0 Å². The van der Waals surface area contributed by atoms with Crippen LogP contribution < -0.4 is 43.1 Å². The van der Waals surface area contributed by atoms with Crippen molar-refractivity contribution in [1.29, 1.82) is 0 Å². The molecule has 28 aromatic rings. The molecule has 0 N–H and O–H groups in total. The van der Waals surface area contributed by atoms with Crippen molar-refractivity contribution in [3.8, 4) is 131 Å². The van der Waals surface area contributed by atoms with Crippen LogP contribution in [0.1, 0.15) is 0 Å². The fraction of sp³-hybridized carbons (Fsp3) is 0. The van der Waals surface area contributed by atoms with Crippen LogP contribution in [0.25, 0.3) is 193 Å². The number of ether oxygens (including phenoxy) is 6. The largest absolute Gasteiger partial charge is 0.456 e. The van der Waals surface area contributed by atoms with E-state index < -0.39 is 0 Å². The van der Waals surface area contributed by atoms with Crippen LogP contribution in [0, 0.1) is 0 Å². The molecule has 15 nitrogen and oxygen atoms in total. The van der Waals surface area contributed by atoms with Gasteiger partial charge in [0, 0.05) is 111 Å². The van der Waals surface area contributed by atoms with Gasteiger partial charge in [-0.1, -0.05) is 231 Å². The van der Waals surface area contributed by atoms with Gasteiger partial charge in [0.05, 0.1) is 44.2 Å². The summed E-state index contributed by atoms with van der Waals surface area (Å²) in [6.45, 7) is 0. The molecule has 0 saturated carbocycles. The highest BCUT2D eigenvalue weighted by atomic mass is 16.5. The molecule has 0 saturated heterocycles. The first kappa shape index (κ1) is 80.6. The minimum Gasteiger partial charge on any atom is -0.456 e. The third-order valence-electron chi connectivity index (χ3n) is 29.8. The van der Waals surface area contributed by atoms with Gasteiger partial charge in [-0.05, 0) is 269 Å². The minimum atomic E-state index is 0.797. The van der Waals surface area contributed by atoms with Crippen molar-refractivity contribution in [2.75, 3.05) is 14.7 Å². The molecule has 0 aliphatic carbocycles. The summed E-state index contributed by atoms with van der Waals surface area (Å²) in [5.74, 6) is 9.96. The molecule has 6 aliphatic heterocycles. The number of nitrogens with zero attached hydrogens (tertiary/aromatic N) is 6. The lowest BCUT2D eigenvalue weighted by molar-refractivity contribution is 0.443. The monoisotopic (exact) mass is 1890 g/mol. The number of hydrogen-bond donors (Lipinski definition) is 0. The number of hydrogen-bond acceptors (Lipinski definition) is 12. The Balaban J connectivity index is 0.0000000982. The van der Waals surface area contributed by atoms with Crippen molar-refractivity contribution in [3.63, 3.8) is 0 Å². The van der Waals surface area contributed by atoms with Crippen LogP contribution in [-0.4, -0.2) is 13.7 Å². The maximum atomic E-state index is 6.62. The van der Waals surface area contributed by atoms with E-state index in [1.165, 1.54) is 11.1 Å². The number of furan rings is 3. The van der Waals surface area contributed by atoms with E-state index in [0.717, 1.165) is 302 Å². The molecule has 0 radical (unpaired) electrons. The zero-order valence-electron chi connectivity index (χ0n) is 78.2. The molecule has 6 aliphatic rings. The highest BCUT2D eigenvalue weighted by Crippen LogP contribution is 2.61. The van der Waals surface area contributed by atoms with Crippen LogP contribution in [0.2, 0.25) is 0 Å².